The highest BCUT2D eigenvalue weighted by atomic mass is 19.3. The van der Waals surface area contributed by atoms with E-state index in [0.717, 1.165) is 51.7 Å². The first kappa shape index (κ1) is 29.0. The fourth-order valence-electron chi connectivity index (χ4n) is 5.78. The predicted molar refractivity (Wildman–Crippen MR) is 152 cm³/mol. The molecule has 1 N–H and O–H groups in total. The number of carbonyl (C=O) groups is 2. The Hall–Kier alpha value is -4.13. The van der Waals surface area contributed by atoms with E-state index in [1.54, 1.807) is 34.8 Å². The third-order valence-corrected chi connectivity index (χ3v) is 8.22. The van der Waals surface area contributed by atoms with E-state index < -0.39 is 12.5 Å². The Labute approximate surface area is 247 Å². The van der Waals surface area contributed by atoms with Crippen molar-refractivity contribution in [2.24, 2.45) is 0 Å². The summed E-state index contributed by atoms with van der Waals surface area (Å²) < 4.78 is 50.3. The van der Waals surface area contributed by atoms with Crippen LogP contribution in [-0.2, 0) is 4.74 Å². The molecule has 0 unspecified atom stereocenters. The summed E-state index contributed by atoms with van der Waals surface area (Å²) >= 11 is 0. The van der Waals surface area contributed by atoms with Gasteiger partial charge in [-0.1, -0.05) is 0 Å². The van der Waals surface area contributed by atoms with Crippen molar-refractivity contribution in [3.8, 4) is 28.5 Å². The maximum atomic E-state index is 13.3. The van der Waals surface area contributed by atoms with Crippen molar-refractivity contribution in [1.29, 1.82) is 0 Å². The topological polar surface area (TPSA) is 107 Å². The molecule has 43 heavy (non-hydrogen) atoms. The van der Waals surface area contributed by atoms with Gasteiger partial charge in [0.25, 0.3) is 5.91 Å². The Balaban J connectivity index is 1.09. The lowest BCUT2D eigenvalue weighted by atomic mass is 9.91. The summed E-state index contributed by atoms with van der Waals surface area (Å²) in [4.78, 5) is 33.1. The maximum Gasteiger partial charge on any atom is 0.410 e. The number of likely N-dealkylation sites (tertiary alicyclic amines) is 1. The summed E-state index contributed by atoms with van der Waals surface area (Å²) in [6.07, 6.45) is 7.38. The van der Waals surface area contributed by atoms with Crippen LogP contribution in [0.5, 0.6) is 17.2 Å². The third kappa shape index (κ3) is 6.31. The standard InChI is InChI=1S/C30H35F2N5O6/c1-35-18-30(43-29(35)39)7-11-36(12-8-30)9-3-13-41-21-6-10-37-22(17-33-25(37)16-21)19-14-23(40-2)26(24(15-19)42-28(31)32)27(38)34-20-4-5-20/h6,10,14-17,20,28H,3-5,7-9,11-13,18H2,1-2H3,(H,34,38). The minimum Gasteiger partial charge on any atom is -0.496 e. The summed E-state index contributed by atoms with van der Waals surface area (Å²) in [6.45, 7) is 0.709. The maximum absolute atomic E-state index is 13.3. The largest absolute Gasteiger partial charge is 0.496 e. The molecular formula is C30H35F2N5O6. The molecule has 1 spiro atoms. The molecule has 4 heterocycles. The molecule has 2 aliphatic heterocycles. The molecular weight excluding hydrogens is 564 g/mol. The van der Waals surface area contributed by atoms with Gasteiger partial charge in [-0.15, -0.1) is 0 Å². The van der Waals surface area contributed by atoms with Gasteiger partial charge in [-0.05, 0) is 37.5 Å². The van der Waals surface area contributed by atoms with Crippen LogP contribution >= 0.6 is 0 Å². The Morgan fingerprint density at radius 1 is 1.21 bits per heavy atom. The van der Waals surface area contributed by atoms with E-state index in [4.69, 9.17) is 18.9 Å². The second-order valence-electron chi connectivity index (χ2n) is 11.4. The highest BCUT2D eigenvalue weighted by Gasteiger charge is 2.45. The zero-order valence-electron chi connectivity index (χ0n) is 24.2. The van der Waals surface area contributed by atoms with E-state index in [1.165, 1.54) is 13.2 Å². The molecule has 1 aromatic carbocycles. The number of piperidine rings is 1. The van der Waals surface area contributed by atoms with Gasteiger partial charge in [0.2, 0.25) is 0 Å². The van der Waals surface area contributed by atoms with E-state index in [-0.39, 0.29) is 34.8 Å². The van der Waals surface area contributed by atoms with Crippen molar-refractivity contribution in [2.45, 2.75) is 50.4 Å². The molecule has 3 fully saturated rings. The highest BCUT2D eigenvalue weighted by molar-refractivity contribution is 6.01. The van der Waals surface area contributed by atoms with Crippen molar-refractivity contribution in [3.05, 3.63) is 42.2 Å². The van der Waals surface area contributed by atoms with Crippen LogP contribution in [0.2, 0.25) is 0 Å². The number of ether oxygens (including phenoxy) is 4. The molecule has 6 rings (SSSR count). The molecule has 1 aliphatic carbocycles. The predicted octanol–water partition coefficient (Wildman–Crippen LogP) is 4.19. The molecule has 1 saturated carbocycles. The van der Waals surface area contributed by atoms with Crippen LogP contribution in [0.3, 0.4) is 0 Å². The van der Waals surface area contributed by atoms with Crippen molar-refractivity contribution in [3.63, 3.8) is 0 Å². The zero-order chi connectivity index (χ0) is 30.1. The van der Waals surface area contributed by atoms with E-state index in [1.807, 2.05) is 12.1 Å². The average molecular weight is 600 g/mol. The minimum absolute atomic E-state index is 0.0334. The van der Waals surface area contributed by atoms with E-state index in [9.17, 15) is 18.4 Å². The van der Waals surface area contributed by atoms with Crippen molar-refractivity contribution in [2.75, 3.05) is 46.9 Å². The van der Waals surface area contributed by atoms with E-state index in [2.05, 4.69) is 15.2 Å². The molecule has 0 bridgehead atoms. The Kier molecular flexibility index (Phi) is 7.99. The van der Waals surface area contributed by atoms with Crippen molar-refractivity contribution >= 4 is 17.6 Å². The number of amides is 2. The molecule has 0 atom stereocenters. The van der Waals surface area contributed by atoms with Gasteiger partial charge in [-0.25, -0.2) is 9.78 Å². The van der Waals surface area contributed by atoms with Gasteiger partial charge in [0.1, 0.15) is 34.1 Å². The second-order valence-corrected chi connectivity index (χ2v) is 11.4. The molecule has 2 saturated heterocycles. The number of rotatable bonds is 11. The van der Waals surface area contributed by atoms with Gasteiger partial charge >= 0.3 is 12.7 Å². The summed E-state index contributed by atoms with van der Waals surface area (Å²) in [5.41, 5.74) is 1.30. The lowest BCUT2D eigenvalue weighted by Gasteiger charge is -2.37. The summed E-state index contributed by atoms with van der Waals surface area (Å²) in [6, 6.07) is 6.68. The number of imidazole rings is 1. The molecule has 3 aliphatic rings. The first-order valence-electron chi connectivity index (χ1n) is 14.5. The van der Waals surface area contributed by atoms with Gasteiger partial charge < -0.3 is 34.1 Å². The van der Waals surface area contributed by atoms with Crippen LogP contribution in [0.1, 0.15) is 42.5 Å². The summed E-state index contributed by atoms with van der Waals surface area (Å²) in [7, 11) is 3.15. The lowest BCUT2D eigenvalue weighted by molar-refractivity contribution is -0.0502. The number of likely N-dealkylation sites (N-methyl/N-ethyl adjacent to an activating group) is 1. The number of methoxy groups -OCH3 is 1. The van der Waals surface area contributed by atoms with Gasteiger partial charge in [0, 0.05) is 63.4 Å². The SMILES string of the molecule is COc1cc(-c2cnc3cc(OCCCN4CCC5(CC4)CN(C)C(=O)O5)ccn23)cc(OC(F)F)c1C(=O)NC1CC1. The zero-order valence-corrected chi connectivity index (χ0v) is 24.2. The lowest BCUT2D eigenvalue weighted by Crippen LogP contribution is -2.47. The van der Waals surface area contributed by atoms with Gasteiger partial charge in [0.05, 0.1) is 32.2 Å². The number of benzene rings is 1. The summed E-state index contributed by atoms with van der Waals surface area (Å²) in [5.74, 6) is 0.00642. The number of nitrogens with zero attached hydrogens (tertiary/aromatic N) is 4. The Morgan fingerprint density at radius 2 is 1.98 bits per heavy atom. The number of halogens is 2. The van der Waals surface area contributed by atoms with E-state index in [0.29, 0.717) is 35.8 Å². The fourth-order valence-corrected chi connectivity index (χ4v) is 5.78. The Bertz CT molecular complexity index is 1500. The van der Waals surface area contributed by atoms with Crippen LogP contribution in [0, 0.1) is 0 Å². The molecule has 13 heteroatoms. The minimum atomic E-state index is -3.12. The Morgan fingerprint density at radius 3 is 2.65 bits per heavy atom. The van der Waals surface area contributed by atoms with Crippen LogP contribution in [0.15, 0.2) is 36.7 Å². The molecule has 0 radical (unpaired) electrons. The number of alkyl halides is 2. The highest BCUT2D eigenvalue weighted by Crippen LogP contribution is 2.37. The summed E-state index contributed by atoms with van der Waals surface area (Å²) in [5, 5.41) is 2.81. The molecule has 2 aromatic heterocycles. The second kappa shape index (κ2) is 11.9. The quantitative estimate of drug-likeness (QED) is 0.327. The number of pyridine rings is 1. The van der Waals surface area contributed by atoms with Gasteiger partial charge in [0.15, 0.2) is 0 Å². The number of fused-ring (bicyclic) bond motifs is 1. The van der Waals surface area contributed by atoms with Crippen LogP contribution < -0.4 is 19.5 Å². The normalized spacial score (nSPS) is 18.3. The number of nitrogens with one attached hydrogen (secondary N) is 1. The number of hydrogen-bond acceptors (Lipinski definition) is 8. The fraction of sp³-hybridized carbons (Fsp3) is 0.500. The first-order chi connectivity index (χ1) is 20.7. The monoisotopic (exact) mass is 599 g/mol. The van der Waals surface area contributed by atoms with Gasteiger partial charge in [-0.2, -0.15) is 8.78 Å². The van der Waals surface area contributed by atoms with Crippen LogP contribution in [0.4, 0.5) is 13.6 Å². The molecule has 3 aromatic rings. The molecule has 2 amide bonds. The van der Waals surface area contributed by atoms with Crippen LogP contribution in [0.25, 0.3) is 16.9 Å². The average Bonchev–Trinajstić information content (AvgIpc) is 3.62. The number of hydrogen-bond donors (Lipinski definition) is 1. The number of aromatic nitrogens is 2. The van der Waals surface area contributed by atoms with Crippen LogP contribution in [-0.4, -0.2) is 96.4 Å². The van der Waals surface area contributed by atoms with Gasteiger partial charge in [-0.3, -0.25) is 9.20 Å². The third-order valence-electron chi connectivity index (χ3n) is 8.22. The smallest absolute Gasteiger partial charge is 0.410 e. The molecule has 11 nitrogen and oxygen atoms in total. The first-order valence-corrected chi connectivity index (χ1v) is 14.5. The molecule has 230 valence electrons. The van der Waals surface area contributed by atoms with Crippen molar-refractivity contribution < 1.29 is 37.3 Å². The van der Waals surface area contributed by atoms with Crippen molar-refractivity contribution in [1.82, 2.24) is 24.5 Å². The number of carbonyl (C=O) groups excluding carboxylic acids is 2. The van der Waals surface area contributed by atoms with E-state index >= 15 is 0 Å².